The molecule has 1 rings (SSSR count). The number of piperidine rings is 1. The van der Waals surface area contributed by atoms with E-state index in [0.29, 0.717) is 31.7 Å². The minimum absolute atomic E-state index is 0. The normalized spacial score (nSPS) is 21.0. The van der Waals surface area contributed by atoms with Crippen molar-refractivity contribution in [1.82, 2.24) is 10.3 Å². The number of hydrogen-bond donors (Lipinski definition) is 3. The van der Waals surface area contributed by atoms with E-state index < -0.39 is 23.1 Å². The molecule has 0 aliphatic carbocycles. The average molecular weight is 409 g/mol. The lowest BCUT2D eigenvalue weighted by molar-refractivity contribution is -0.525. The van der Waals surface area contributed by atoms with Gasteiger partial charge < -0.3 is 21.1 Å². The third kappa shape index (κ3) is 8.39. The van der Waals surface area contributed by atoms with Crippen LogP contribution in [-0.4, -0.2) is 59.5 Å². The highest BCUT2D eigenvalue weighted by atomic mass is 35.5. The van der Waals surface area contributed by atoms with E-state index in [1.807, 2.05) is 6.92 Å². The number of hydrogen-bond acceptors (Lipinski definition) is 7. The number of aliphatic imine (C=N–C) groups is 1. The fourth-order valence-electron chi connectivity index (χ4n) is 2.84. The lowest BCUT2D eigenvalue weighted by Crippen LogP contribution is -2.55. The topological polar surface area (TPSA) is 166 Å². The number of ether oxygens (including phenoxy) is 1. The molecule has 0 aromatic heterocycles. The Morgan fingerprint density at radius 1 is 1.48 bits per heavy atom. The zero-order valence-electron chi connectivity index (χ0n) is 15.6. The van der Waals surface area contributed by atoms with Crippen molar-refractivity contribution in [2.24, 2.45) is 22.4 Å². The summed E-state index contributed by atoms with van der Waals surface area (Å²) in [4.78, 5) is 40.3. The van der Waals surface area contributed by atoms with Gasteiger partial charge in [0.1, 0.15) is 6.04 Å². The summed E-state index contributed by atoms with van der Waals surface area (Å²) >= 11 is 0. The Morgan fingerprint density at radius 2 is 2.15 bits per heavy atom. The van der Waals surface area contributed by atoms with Gasteiger partial charge >= 0.3 is 5.97 Å². The Balaban J connectivity index is 0.00000676. The van der Waals surface area contributed by atoms with E-state index in [4.69, 9.17) is 16.2 Å². The molecular formula is C15H29ClN6O5. The number of carbonyl (C=O) groups excluding carboxylic acids is 2. The summed E-state index contributed by atoms with van der Waals surface area (Å²) in [6.45, 7) is 4.69. The smallest absolute Gasteiger partial charge is 0.328 e. The van der Waals surface area contributed by atoms with E-state index in [9.17, 15) is 19.7 Å². The SMILES string of the molecule is CCOC(=O)[C@H]1C[C@@H](C)CCN1C(=O)[C@@H](N)CCCN=C(N)N[N+](=O)[O-].Cl. The van der Waals surface area contributed by atoms with Crippen LogP contribution in [0.15, 0.2) is 4.99 Å². The van der Waals surface area contributed by atoms with E-state index in [-0.39, 0.29) is 37.4 Å². The Morgan fingerprint density at radius 3 is 2.74 bits per heavy atom. The second-order valence-corrected chi connectivity index (χ2v) is 6.31. The standard InChI is InChI=1S/C15H28N6O5.ClH/c1-3-26-14(23)12-9-10(2)6-8-20(12)13(22)11(16)5-4-7-18-15(17)19-21(24)25;/h10-12H,3-9,16H2,1-2H3,(H3,17,18,19);1H/t10-,11-,12+;/m0./s1. The number of hydrazine groups is 1. The average Bonchev–Trinajstić information content (AvgIpc) is 2.57. The van der Waals surface area contributed by atoms with E-state index >= 15 is 0 Å². The molecule has 5 N–H and O–H groups in total. The molecule has 0 radical (unpaired) electrons. The van der Waals surface area contributed by atoms with Crippen molar-refractivity contribution in [3.8, 4) is 0 Å². The summed E-state index contributed by atoms with van der Waals surface area (Å²) in [5.74, 6) is -0.670. The van der Waals surface area contributed by atoms with Gasteiger partial charge in [0.05, 0.1) is 12.6 Å². The van der Waals surface area contributed by atoms with E-state index in [2.05, 4.69) is 4.99 Å². The number of amides is 1. The molecule has 1 aliphatic heterocycles. The highest BCUT2D eigenvalue weighted by molar-refractivity contribution is 5.87. The predicted octanol–water partition coefficient (Wildman–Crippen LogP) is -0.198. The Bertz CT molecular complexity index is 547. The second kappa shape index (κ2) is 12.3. The molecule has 3 atom stereocenters. The minimum atomic E-state index is -0.805. The maximum absolute atomic E-state index is 12.6. The molecule has 0 spiro atoms. The third-order valence-corrected chi connectivity index (χ3v) is 4.18. The number of halogens is 1. The lowest BCUT2D eigenvalue weighted by Gasteiger charge is -2.38. The van der Waals surface area contributed by atoms with Crippen LogP contribution in [0.1, 0.15) is 39.5 Å². The first-order chi connectivity index (χ1) is 12.3. The number of rotatable bonds is 8. The van der Waals surface area contributed by atoms with Crippen molar-refractivity contribution in [3.63, 3.8) is 0 Å². The van der Waals surface area contributed by atoms with Crippen molar-refractivity contribution < 1.29 is 19.4 Å². The van der Waals surface area contributed by atoms with Gasteiger partial charge in [0, 0.05) is 13.1 Å². The molecule has 27 heavy (non-hydrogen) atoms. The zero-order valence-corrected chi connectivity index (χ0v) is 16.4. The Labute approximate surface area is 164 Å². The van der Waals surface area contributed by atoms with Crippen molar-refractivity contribution in [3.05, 3.63) is 10.1 Å². The highest BCUT2D eigenvalue weighted by Crippen LogP contribution is 2.24. The number of nitrogens with two attached hydrogens (primary N) is 2. The highest BCUT2D eigenvalue weighted by Gasteiger charge is 2.37. The van der Waals surface area contributed by atoms with E-state index in [0.717, 1.165) is 6.42 Å². The number of nitro groups is 1. The molecule has 1 fully saturated rings. The molecule has 0 unspecified atom stereocenters. The fourth-order valence-corrected chi connectivity index (χ4v) is 2.84. The van der Waals surface area contributed by atoms with Crippen LogP contribution in [0, 0.1) is 16.0 Å². The second-order valence-electron chi connectivity index (χ2n) is 6.31. The van der Waals surface area contributed by atoms with Gasteiger partial charge in [-0.3, -0.25) is 4.79 Å². The summed E-state index contributed by atoms with van der Waals surface area (Å²) in [6, 6.07) is -1.38. The van der Waals surface area contributed by atoms with Gasteiger partial charge in [0.15, 0.2) is 5.03 Å². The van der Waals surface area contributed by atoms with Gasteiger partial charge in [0.2, 0.25) is 5.91 Å². The van der Waals surface area contributed by atoms with Crippen LogP contribution in [0.25, 0.3) is 0 Å². The molecule has 156 valence electrons. The third-order valence-electron chi connectivity index (χ3n) is 4.18. The first-order valence-corrected chi connectivity index (χ1v) is 8.69. The monoisotopic (exact) mass is 408 g/mol. The van der Waals surface area contributed by atoms with Gasteiger partial charge in [-0.05, 0) is 38.5 Å². The quantitative estimate of drug-likeness (QED) is 0.124. The van der Waals surface area contributed by atoms with Crippen LogP contribution < -0.4 is 16.9 Å². The van der Waals surface area contributed by atoms with Gasteiger partial charge in [0.25, 0.3) is 5.96 Å². The molecule has 12 heteroatoms. The summed E-state index contributed by atoms with van der Waals surface area (Å²) < 4.78 is 5.08. The van der Waals surface area contributed by atoms with Crippen LogP contribution in [0.3, 0.4) is 0 Å². The largest absolute Gasteiger partial charge is 0.464 e. The molecule has 1 aliphatic rings. The molecule has 11 nitrogen and oxygen atoms in total. The van der Waals surface area contributed by atoms with Crippen molar-refractivity contribution in [2.75, 3.05) is 19.7 Å². The number of nitrogens with one attached hydrogen (secondary N) is 1. The van der Waals surface area contributed by atoms with Gasteiger partial charge in [-0.1, -0.05) is 12.3 Å². The first-order valence-electron chi connectivity index (χ1n) is 8.69. The molecule has 0 aromatic carbocycles. The summed E-state index contributed by atoms with van der Waals surface area (Å²) in [7, 11) is 0. The molecular weight excluding hydrogens is 380 g/mol. The molecule has 0 saturated carbocycles. The maximum atomic E-state index is 12.6. The zero-order chi connectivity index (χ0) is 19.7. The van der Waals surface area contributed by atoms with Gasteiger partial charge in [-0.15, -0.1) is 12.4 Å². The summed E-state index contributed by atoms with van der Waals surface area (Å²) in [5, 5.41) is 9.39. The number of carbonyl (C=O) groups is 2. The van der Waals surface area contributed by atoms with Gasteiger partial charge in [-0.25, -0.2) is 19.9 Å². The predicted molar refractivity (Wildman–Crippen MR) is 102 cm³/mol. The van der Waals surface area contributed by atoms with Gasteiger partial charge in [-0.2, -0.15) is 0 Å². The van der Waals surface area contributed by atoms with Crippen molar-refractivity contribution in [1.29, 1.82) is 0 Å². The fraction of sp³-hybridized carbons (Fsp3) is 0.800. The van der Waals surface area contributed by atoms with Crippen molar-refractivity contribution >= 4 is 30.2 Å². The number of esters is 1. The van der Waals surface area contributed by atoms with Crippen LogP contribution in [0.5, 0.6) is 0 Å². The summed E-state index contributed by atoms with van der Waals surface area (Å²) in [6.07, 6.45) is 2.13. The molecule has 0 bridgehead atoms. The van der Waals surface area contributed by atoms with Crippen LogP contribution >= 0.6 is 12.4 Å². The number of likely N-dealkylation sites (tertiary alicyclic amines) is 1. The van der Waals surface area contributed by atoms with Crippen LogP contribution in [0.4, 0.5) is 0 Å². The summed E-state index contributed by atoms with van der Waals surface area (Å²) in [5.41, 5.74) is 13.0. The van der Waals surface area contributed by atoms with E-state index in [1.54, 1.807) is 12.3 Å². The van der Waals surface area contributed by atoms with E-state index in [1.165, 1.54) is 4.90 Å². The molecule has 1 saturated heterocycles. The van der Waals surface area contributed by atoms with Crippen molar-refractivity contribution in [2.45, 2.75) is 51.6 Å². The Kier molecular flexibility index (Phi) is 11.3. The number of guanidine groups is 1. The Hall–Kier alpha value is -2.14. The number of nitrogens with zero attached hydrogens (tertiary/aromatic N) is 3. The molecule has 1 amide bonds. The first kappa shape index (κ1) is 24.9. The lowest BCUT2D eigenvalue weighted by atomic mass is 9.91. The molecule has 0 aromatic rings. The van der Waals surface area contributed by atoms with Crippen LogP contribution in [-0.2, 0) is 14.3 Å². The maximum Gasteiger partial charge on any atom is 0.328 e. The minimum Gasteiger partial charge on any atom is -0.464 e. The van der Waals surface area contributed by atoms with Crippen LogP contribution in [0.2, 0.25) is 0 Å². The molecule has 1 heterocycles.